The molecule has 0 fully saturated rings. The Morgan fingerprint density at radius 1 is 1.46 bits per heavy atom. The molecule has 1 aliphatic rings. The molecular formula is C11H12O2. The summed E-state index contributed by atoms with van der Waals surface area (Å²) in [5.74, 6) is 0.889. The van der Waals surface area contributed by atoms with Crippen LogP contribution in [-0.4, -0.2) is 12.4 Å². The molecule has 2 nitrogen and oxygen atoms in total. The number of carbonyl (C=O) groups is 1. The highest BCUT2D eigenvalue weighted by molar-refractivity contribution is 5.97. The van der Waals surface area contributed by atoms with Gasteiger partial charge in [0.1, 0.15) is 5.75 Å². The summed E-state index contributed by atoms with van der Waals surface area (Å²) < 4.78 is 5.43. The van der Waals surface area contributed by atoms with Gasteiger partial charge in [-0.25, -0.2) is 0 Å². The van der Waals surface area contributed by atoms with Crippen molar-refractivity contribution in [1.82, 2.24) is 0 Å². The SMILES string of the molecule is CC(=O)c1cc(C)cc2c1OCC2. The molecule has 13 heavy (non-hydrogen) atoms. The van der Waals surface area contributed by atoms with Crippen LogP contribution in [0.25, 0.3) is 0 Å². The summed E-state index contributed by atoms with van der Waals surface area (Å²) in [5.41, 5.74) is 3.03. The first-order chi connectivity index (χ1) is 6.18. The lowest BCUT2D eigenvalue weighted by Crippen LogP contribution is -1.97. The zero-order valence-electron chi connectivity index (χ0n) is 7.89. The van der Waals surface area contributed by atoms with Crippen LogP contribution in [0.1, 0.15) is 28.4 Å². The van der Waals surface area contributed by atoms with Crippen molar-refractivity contribution in [2.24, 2.45) is 0 Å². The molecule has 1 aromatic rings. The first-order valence-electron chi connectivity index (χ1n) is 4.46. The molecule has 0 spiro atoms. The van der Waals surface area contributed by atoms with E-state index in [2.05, 4.69) is 6.07 Å². The highest BCUT2D eigenvalue weighted by Crippen LogP contribution is 2.31. The third-order valence-corrected chi connectivity index (χ3v) is 2.31. The first kappa shape index (κ1) is 8.30. The van der Waals surface area contributed by atoms with E-state index >= 15 is 0 Å². The Morgan fingerprint density at radius 3 is 2.92 bits per heavy atom. The first-order valence-corrected chi connectivity index (χ1v) is 4.46. The molecule has 0 N–H and O–H groups in total. The van der Waals surface area contributed by atoms with Crippen molar-refractivity contribution < 1.29 is 9.53 Å². The third kappa shape index (κ3) is 1.32. The maximum atomic E-state index is 11.3. The zero-order chi connectivity index (χ0) is 9.42. The van der Waals surface area contributed by atoms with E-state index in [4.69, 9.17) is 4.74 Å². The molecule has 0 atom stereocenters. The summed E-state index contributed by atoms with van der Waals surface area (Å²) in [6, 6.07) is 3.99. The van der Waals surface area contributed by atoms with Gasteiger partial charge >= 0.3 is 0 Å². The van der Waals surface area contributed by atoms with Gasteiger partial charge < -0.3 is 4.74 Å². The number of fused-ring (bicyclic) bond motifs is 1. The van der Waals surface area contributed by atoms with Crippen molar-refractivity contribution in [1.29, 1.82) is 0 Å². The molecule has 0 aromatic heterocycles. The summed E-state index contributed by atoms with van der Waals surface area (Å²) in [6.07, 6.45) is 0.928. The summed E-state index contributed by atoms with van der Waals surface area (Å²) in [4.78, 5) is 11.3. The van der Waals surface area contributed by atoms with Gasteiger partial charge in [0.05, 0.1) is 12.2 Å². The van der Waals surface area contributed by atoms with Crippen molar-refractivity contribution in [3.8, 4) is 5.75 Å². The molecule has 2 rings (SSSR count). The summed E-state index contributed by atoms with van der Waals surface area (Å²) in [5, 5.41) is 0. The van der Waals surface area contributed by atoms with Gasteiger partial charge in [-0.2, -0.15) is 0 Å². The lowest BCUT2D eigenvalue weighted by Gasteiger charge is -2.05. The predicted octanol–water partition coefficient (Wildman–Crippen LogP) is 2.13. The molecular weight excluding hydrogens is 164 g/mol. The van der Waals surface area contributed by atoms with Crippen LogP contribution in [-0.2, 0) is 6.42 Å². The van der Waals surface area contributed by atoms with E-state index in [-0.39, 0.29) is 5.78 Å². The second-order valence-electron chi connectivity index (χ2n) is 3.46. The lowest BCUT2D eigenvalue weighted by atomic mass is 10.0. The number of ketones is 1. The van der Waals surface area contributed by atoms with Crippen molar-refractivity contribution in [2.45, 2.75) is 20.3 Å². The monoisotopic (exact) mass is 176 g/mol. The number of hydrogen-bond acceptors (Lipinski definition) is 2. The van der Waals surface area contributed by atoms with Crippen LogP contribution in [0.4, 0.5) is 0 Å². The molecule has 0 radical (unpaired) electrons. The normalized spacial score (nSPS) is 13.7. The Labute approximate surface area is 77.5 Å². The maximum absolute atomic E-state index is 11.3. The van der Waals surface area contributed by atoms with Crippen molar-refractivity contribution >= 4 is 5.78 Å². The van der Waals surface area contributed by atoms with Crippen molar-refractivity contribution in [3.05, 3.63) is 28.8 Å². The van der Waals surface area contributed by atoms with Crippen LogP contribution in [0.2, 0.25) is 0 Å². The average molecular weight is 176 g/mol. The molecule has 0 bridgehead atoms. The second-order valence-corrected chi connectivity index (χ2v) is 3.46. The third-order valence-electron chi connectivity index (χ3n) is 2.31. The average Bonchev–Trinajstić information content (AvgIpc) is 2.49. The van der Waals surface area contributed by atoms with Crippen molar-refractivity contribution in [3.63, 3.8) is 0 Å². The van der Waals surface area contributed by atoms with Gasteiger partial charge in [0.15, 0.2) is 5.78 Å². The fraction of sp³-hybridized carbons (Fsp3) is 0.364. The number of hydrogen-bond donors (Lipinski definition) is 0. The summed E-state index contributed by atoms with van der Waals surface area (Å²) >= 11 is 0. The topological polar surface area (TPSA) is 26.3 Å². The Kier molecular flexibility index (Phi) is 1.83. The molecule has 1 heterocycles. The van der Waals surface area contributed by atoms with Gasteiger partial charge in [0.25, 0.3) is 0 Å². The maximum Gasteiger partial charge on any atom is 0.163 e. The van der Waals surface area contributed by atoms with E-state index in [0.717, 1.165) is 23.3 Å². The van der Waals surface area contributed by atoms with Crippen LogP contribution in [0.5, 0.6) is 5.75 Å². The highest BCUT2D eigenvalue weighted by atomic mass is 16.5. The Balaban J connectivity index is 2.62. The minimum atomic E-state index is 0.0850. The van der Waals surface area contributed by atoms with Crippen LogP contribution >= 0.6 is 0 Å². The fourth-order valence-corrected chi connectivity index (χ4v) is 1.73. The summed E-state index contributed by atoms with van der Waals surface area (Å²) in [6.45, 7) is 4.29. The number of benzene rings is 1. The zero-order valence-corrected chi connectivity index (χ0v) is 7.89. The quantitative estimate of drug-likeness (QED) is 0.613. The standard InChI is InChI=1S/C11H12O2/c1-7-5-9-3-4-13-11(9)10(6-7)8(2)12/h5-6H,3-4H2,1-2H3. The molecule has 1 aromatic carbocycles. The fourth-order valence-electron chi connectivity index (χ4n) is 1.73. The van der Waals surface area contributed by atoms with E-state index in [1.807, 2.05) is 13.0 Å². The van der Waals surface area contributed by atoms with Gasteiger partial charge in [-0.1, -0.05) is 6.07 Å². The number of Topliss-reactive ketones (excluding diaryl/α,β-unsaturated/α-hetero) is 1. The van der Waals surface area contributed by atoms with Gasteiger partial charge in [0.2, 0.25) is 0 Å². The van der Waals surface area contributed by atoms with Crippen LogP contribution < -0.4 is 4.74 Å². The largest absolute Gasteiger partial charge is 0.492 e. The Morgan fingerprint density at radius 2 is 2.23 bits per heavy atom. The number of aryl methyl sites for hydroxylation is 1. The molecule has 1 aliphatic heterocycles. The predicted molar refractivity (Wildman–Crippen MR) is 50.4 cm³/mol. The molecule has 0 saturated carbocycles. The molecule has 0 saturated heterocycles. The molecule has 0 unspecified atom stereocenters. The van der Waals surface area contributed by atoms with Crippen LogP contribution in [0.15, 0.2) is 12.1 Å². The summed E-state index contributed by atoms with van der Waals surface area (Å²) in [7, 11) is 0. The Hall–Kier alpha value is -1.31. The van der Waals surface area contributed by atoms with Crippen LogP contribution in [0, 0.1) is 6.92 Å². The van der Waals surface area contributed by atoms with Gasteiger partial charge in [-0.3, -0.25) is 4.79 Å². The number of ether oxygens (including phenoxy) is 1. The molecule has 0 amide bonds. The minimum Gasteiger partial charge on any atom is -0.492 e. The van der Waals surface area contributed by atoms with E-state index < -0.39 is 0 Å². The molecule has 68 valence electrons. The van der Waals surface area contributed by atoms with E-state index in [0.29, 0.717) is 6.61 Å². The number of carbonyl (C=O) groups excluding carboxylic acids is 1. The van der Waals surface area contributed by atoms with Gasteiger partial charge in [0, 0.05) is 6.42 Å². The van der Waals surface area contributed by atoms with Crippen LogP contribution in [0.3, 0.4) is 0 Å². The molecule has 0 aliphatic carbocycles. The second kappa shape index (κ2) is 2.87. The lowest BCUT2D eigenvalue weighted by molar-refractivity contribution is 0.101. The van der Waals surface area contributed by atoms with E-state index in [1.165, 1.54) is 5.56 Å². The van der Waals surface area contributed by atoms with Crippen molar-refractivity contribution in [2.75, 3.05) is 6.61 Å². The van der Waals surface area contributed by atoms with E-state index in [1.54, 1.807) is 6.92 Å². The van der Waals surface area contributed by atoms with E-state index in [9.17, 15) is 4.79 Å². The smallest absolute Gasteiger partial charge is 0.163 e. The van der Waals surface area contributed by atoms with Gasteiger partial charge in [-0.15, -0.1) is 0 Å². The Bertz CT molecular complexity index is 367. The molecule has 2 heteroatoms. The minimum absolute atomic E-state index is 0.0850. The highest BCUT2D eigenvalue weighted by Gasteiger charge is 2.18. The number of rotatable bonds is 1. The van der Waals surface area contributed by atoms with Gasteiger partial charge in [-0.05, 0) is 31.0 Å².